The smallest absolute Gasteiger partial charge is 0.258 e. The van der Waals surface area contributed by atoms with Crippen molar-refractivity contribution in [3.05, 3.63) is 36.4 Å². The van der Waals surface area contributed by atoms with E-state index in [0.717, 1.165) is 12.0 Å². The van der Waals surface area contributed by atoms with Crippen molar-refractivity contribution < 1.29 is 14.3 Å². The van der Waals surface area contributed by atoms with Crippen molar-refractivity contribution in [2.45, 2.75) is 25.8 Å². The number of nitrogens with two attached hydrogens (primary N) is 1. The Labute approximate surface area is 138 Å². The van der Waals surface area contributed by atoms with Crippen LogP contribution in [0, 0.1) is 0 Å². The maximum Gasteiger partial charge on any atom is 0.258 e. The molecule has 0 aromatic heterocycles. The molecule has 0 saturated carbocycles. The lowest BCUT2D eigenvalue weighted by Gasteiger charge is -2.24. The van der Waals surface area contributed by atoms with Crippen molar-refractivity contribution in [2.75, 3.05) is 20.3 Å². The maximum absolute atomic E-state index is 11.8. The molecule has 1 aromatic carbocycles. The van der Waals surface area contributed by atoms with Gasteiger partial charge in [0, 0.05) is 12.1 Å². The Kier molecular flexibility index (Phi) is 8.60. The summed E-state index contributed by atoms with van der Waals surface area (Å²) < 4.78 is 10.8. The number of hydrogen-bond acceptors (Lipinski definition) is 4. The van der Waals surface area contributed by atoms with E-state index in [1.807, 2.05) is 32.1 Å². The summed E-state index contributed by atoms with van der Waals surface area (Å²) in [6, 6.07) is 5.58. The number of ether oxygens (including phenoxy) is 2. The van der Waals surface area contributed by atoms with Crippen LogP contribution in [-0.2, 0) is 11.2 Å². The monoisotopic (exact) mass is 328 g/mol. The van der Waals surface area contributed by atoms with E-state index in [0.29, 0.717) is 18.0 Å². The number of rotatable bonds is 8. The lowest BCUT2D eigenvalue weighted by Crippen LogP contribution is -2.50. The Morgan fingerprint density at radius 1 is 1.41 bits per heavy atom. The highest BCUT2D eigenvalue weighted by molar-refractivity contribution is 5.85. The van der Waals surface area contributed by atoms with Gasteiger partial charge in [-0.25, -0.2) is 0 Å². The third kappa shape index (κ3) is 6.37. The van der Waals surface area contributed by atoms with Crippen LogP contribution in [0.2, 0.25) is 0 Å². The lowest BCUT2D eigenvalue weighted by molar-refractivity contribution is -0.124. The molecule has 0 aliphatic carbocycles. The number of hydrogen-bond donors (Lipinski definition) is 2. The molecule has 6 heteroatoms. The standard InChI is InChI=1S/C16H24N2O3.ClH/c1-5-6-12-7-8-13(14(9-12)20-4)21-10-15(19)18-16(2,3)11-17;/h5,7-9H,1,6,10-11,17H2,2-4H3,(H,18,19);1H. The van der Waals surface area contributed by atoms with Gasteiger partial charge in [0.1, 0.15) is 0 Å². The van der Waals surface area contributed by atoms with Gasteiger partial charge in [0.15, 0.2) is 18.1 Å². The summed E-state index contributed by atoms with van der Waals surface area (Å²) in [5.74, 6) is 0.911. The molecule has 0 spiro atoms. The van der Waals surface area contributed by atoms with Gasteiger partial charge in [0.2, 0.25) is 0 Å². The van der Waals surface area contributed by atoms with Crippen LogP contribution in [0.25, 0.3) is 0 Å². The van der Waals surface area contributed by atoms with Gasteiger partial charge in [-0.1, -0.05) is 12.1 Å². The summed E-state index contributed by atoms with van der Waals surface area (Å²) in [5.41, 5.74) is 6.20. The largest absolute Gasteiger partial charge is 0.493 e. The molecule has 0 bridgehead atoms. The predicted molar refractivity (Wildman–Crippen MR) is 90.9 cm³/mol. The van der Waals surface area contributed by atoms with Gasteiger partial charge in [0.25, 0.3) is 5.91 Å². The summed E-state index contributed by atoms with van der Waals surface area (Å²) in [7, 11) is 1.57. The van der Waals surface area contributed by atoms with Crippen LogP contribution >= 0.6 is 12.4 Å². The Balaban J connectivity index is 0.00000441. The highest BCUT2D eigenvalue weighted by atomic mass is 35.5. The van der Waals surface area contributed by atoms with E-state index in [2.05, 4.69) is 11.9 Å². The highest BCUT2D eigenvalue weighted by Gasteiger charge is 2.18. The Hall–Kier alpha value is -1.72. The van der Waals surface area contributed by atoms with Crippen molar-refractivity contribution in [1.82, 2.24) is 5.32 Å². The molecule has 5 nitrogen and oxygen atoms in total. The second-order valence-corrected chi connectivity index (χ2v) is 5.40. The van der Waals surface area contributed by atoms with Gasteiger partial charge >= 0.3 is 0 Å². The van der Waals surface area contributed by atoms with E-state index in [-0.39, 0.29) is 24.9 Å². The Bertz CT molecular complexity index is 504. The van der Waals surface area contributed by atoms with Gasteiger partial charge in [-0.3, -0.25) is 4.79 Å². The summed E-state index contributed by atoms with van der Waals surface area (Å²) in [5, 5.41) is 2.80. The molecule has 1 rings (SSSR count). The molecule has 0 atom stereocenters. The van der Waals surface area contributed by atoms with Crippen LogP contribution in [0.15, 0.2) is 30.9 Å². The van der Waals surface area contributed by atoms with Gasteiger partial charge in [-0.15, -0.1) is 19.0 Å². The fourth-order valence-electron chi connectivity index (χ4n) is 1.73. The van der Waals surface area contributed by atoms with E-state index in [1.165, 1.54) is 0 Å². The van der Waals surface area contributed by atoms with Crippen LogP contribution < -0.4 is 20.5 Å². The number of benzene rings is 1. The SMILES string of the molecule is C=CCc1ccc(OCC(=O)NC(C)(C)CN)c(OC)c1.Cl. The molecule has 1 aromatic rings. The van der Waals surface area contributed by atoms with Crippen LogP contribution in [-0.4, -0.2) is 31.7 Å². The summed E-state index contributed by atoms with van der Waals surface area (Å²) in [6.45, 7) is 7.69. The minimum absolute atomic E-state index is 0. The molecule has 0 radical (unpaired) electrons. The first kappa shape index (κ1) is 20.3. The van der Waals surface area contributed by atoms with Crippen molar-refractivity contribution in [2.24, 2.45) is 5.73 Å². The first-order valence-electron chi connectivity index (χ1n) is 6.83. The number of allylic oxidation sites excluding steroid dienone is 1. The molecule has 0 aliphatic rings. The maximum atomic E-state index is 11.8. The first-order chi connectivity index (χ1) is 9.91. The average molecular weight is 329 g/mol. The number of amides is 1. The second-order valence-electron chi connectivity index (χ2n) is 5.40. The third-order valence-corrected chi connectivity index (χ3v) is 2.95. The van der Waals surface area contributed by atoms with Crippen LogP contribution in [0.4, 0.5) is 0 Å². The van der Waals surface area contributed by atoms with Crippen molar-refractivity contribution in [3.63, 3.8) is 0 Å². The van der Waals surface area contributed by atoms with Crippen molar-refractivity contribution >= 4 is 18.3 Å². The van der Waals surface area contributed by atoms with E-state index < -0.39 is 5.54 Å². The Morgan fingerprint density at radius 2 is 2.09 bits per heavy atom. The van der Waals surface area contributed by atoms with E-state index in [1.54, 1.807) is 13.2 Å². The fraction of sp³-hybridized carbons (Fsp3) is 0.438. The topological polar surface area (TPSA) is 73.6 Å². The predicted octanol–water partition coefficient (Wildman–Crippen LogP) is 2.08. The first-order valence-corrected chi connectivity index (χ1v) is 6.83. The van der Waals surface area contributed by atoms with E-state index in [9.17, 15) is 4.79 Å². The summed E-state index contributed by atoms with van der Waals surface area (Å²) in [6.07, 6.45) is 2.57. The molecular formula is C16H25ClN2O3. The molecule has 124 valence electrons. The van der Waals surface area contributed by atoms with Crippen molar-refractivity contribution in [1.29, 1.82) is 0 Å². The second kappa shape index (κ2) is 9.33. The average Bonchev–Trinajstić information content (AvgIpc) is 2.45. The molecule has 0 fully saturated rings. The number of nitrogens with one attached hydrogen (secondary N) is 1. The third-order valence-electron chi connectivity index (χ3n) is 2.95. The normalized spacial score (nSPS) is 10.4. The minimum Gasteiger partial charge on any atom is -0.493 e. The lowest BCUT2D eigenvalue weighted by atomic mass is 10.1. The zero-order valence-electron chi connectivity index (χ0n) is 13.3. The molecule has 1 amide bonds. The number of halogens is 1. The van der Waals surface area contributed by atoms with Crippen LogP contribution in [0.5, 0.6) is 11.5 Å². The zero-order valence-corrected chi connectivity index (χ0v) is 14.2. The highest BCUT2D eigenvalue weighted by Crippen LogP contribution is 2.28. The Morgan fingerprint density at radius 3 is 2.64 bits per heavy atom. The quantitative estimate of drug-likeness (QED) is 0.717. The number of methoxy groups -OCH3 is 1. The van der Waals surface area contributed by atoms with Gasteiger partial charge in [-0.05, 0) is 38.0 Å². The molecule has 0 unspecified atom stereocenters. The molecule has 0 saturated heterocycles. The van der Waals surface area contributed by atoms with Gasteiger partial charge in [0.05, 0.1) is 7.11 Å². The van der Waals surface area contributed by atoms with E-state index in [4.69, 9.17) is 15.2 Å². The van der Waals surface area contributed by atoms with Gasteiger partial charge < -0.3 is 20.5 Å². The van der Waals surface area contributed by atoms with Crippen LogP contribution in [0.1, 0.15) is 19.4 Å². The molecule has 0 heterocycles. The molecule has 22 heavy (non-hydrogen) atoms. The van der Waals surface area contributed by atoms with Crippen LogP contribution in [0.3, 0.4) is 0 Å². The van der Waals surface area contributed by atoms with Gasteiger partial charge in [-0.2, -0.15) is 0 Å². The molecule has 0 aliphatic heterocycles. The summed E-state index contributed by atoms with van der Waals surface area (Å²) >= 11 is 0. The fourth-order valence-corrected chi connectivity index (χ4v) is 1.73. The summed E-state index contributed by atoms with van der Waals surface area (Å²) in [4.78, 5) is 11.8. The van der Waals surface area contributed by atoms with Crippen molar-refractivity contribution in [3.8, 4) is 11.5 Å². The number of carbonyl (C=O) groups is 1. The zero-order chi connectivity index (χ0) is 15.9. The molecule has 3 N–H and O–H groups in total. The number of carbonyl (C=O) groups excluding carboxylic acids is 1. The van der Waals surface area contributed by atoms with E-state index >= 15 is 0 Å². The minimum atomic E-state index is -0.446. The molecular weight excluding hydrogens is 304 g/mol.